The van der Waals surface area contributed by atoms with Crippen molar-refractivity contribution in [1.82, 2.24) is 14.5 Å². The number of nitrogens with zero attached hydrogens (tertiary/aromatic N) is 3. The van der Waals surface area contributed by atoms with E-state index in [1.807, 2.05) is 49.4 Å². The second kappa shape index (κ2) is 8.49. The van der Waals surface area contributed by atoms with Crippen LogP contribution in [0.15, 0.2) is 59.7 Å². The number of amides is 1. The van der Waals surface area contributed by atoms with Crippen molar-refractivity contribution in [1.29, 1.82) is 0 Å². The first-order valence-corrected chi connectivity index (χ1v) is 8.93. The molecule has 0 aliphatic heterocycles. The zero-order chi connectivity index (χ0) is 19.2. The second-order valence-electron chi connectivity index (χ2n) is 6.44. The Balaban J connectivity index is 1.55. The van der Waals surface area contributed by atoms with Gasteiger partial charge in [0.15, 0.2) is 0 Å². The van der Waals surface area contributed by atoms with Crippen LogP contribution in [-0.2, 0) is 11.3 Å². The van der Waals surface area contributed by atoms with Crippen LogP contribution < -0.4 is 10.3 Å². The number of carbonyl (C=O) groups excluding carboxylic acids is 1. The molecule has 0 radical (unpaired) electrons. The summed E-state index contributed by atoms with van der Waals surface area (Å²) in [5, 5.41) is 0.578. The molecule has 0 saturated carbocycles. The summed E-state index contributed by atoms with van der Waals surface area (Å²) >= 11 is 0. The van der Waals surface area contributed by atoms with Crippen molar-refractivity contribution in [3.63, 3.8) is 0 Å². The largest absolute Gasteiger partial charge is 0.492 e. The van der Waals surface area contributed by atoms with Gasteiger partial charge in [-0.1, -0.05) is 30.3 Å². The summed E-state index contributed by atoms with van der Waals surface area (Å²) in [6, 6.07) is 15.0. The van der Waals surface area contributed by atoms with Crippen LogP contribution in [0.1, 0.15) is 12.0 Å². The van der Waals surface area contributed by atoms with Gasteiger partial charge in [-0.05, 0) is 30.7 Å². The molecule has 3 aromatic rings. The molecule has 6 nitrogen and oxygen atoms in total. The Morgan fingerprint density at radius 3 is 2.70 bits per heavy atom. The van der Waals surface area contributed by atoms with Crippen molar-refractivity contribution in [3.05, 3.63) is 70.8 Å². The highest BCUT2D eigenvalue weighted by Crippen LogP contribution is 2.11. The molecule has 1 amide bonds. The van der Waals surface area contributed by atoms with Gasteiger partial charge in [-0.2, -0.15) is 0 Å². The van der Waals surface area contributed by atoms with Crippen LogP contribution in [-0.4, -0.2) is 40.6 Å². The Morgan fingerprint density at radius 1 is 1.15 bits per heavy atom. The fraction of sp³-hybridized carbons (Fsp3) is 0.286. The van der Waals surface area contributed by atoms with Gasteiger partial charge in [-0.25, -0.2) is 4.98 Å². The third-order valence-electron chi connectivity index (χ3n) is 4.49. The van der Waals surface area contributed by atoms with Crippen LogP contribution in [0.25, 0.3) is 10.9 Å². The SMILES string of the molecule is Cc1cccc2c(=O)n(CCC(=O)N(C)CCOc3ccccc3)cnc12. The molecule has 0 fully saturated rings. The van der Waals surface area contributed by atoms with Crippen LogP contribution >= 0.6 is 0 Å². The summed E-state index contributed by atoms with van der Waals surface area (Å²) < 4.78 is 7.10. The fourth-order valence-electron chi connectivity index (χ4n) is 2.85. The second-order valence-corrected chi connectivity index (χ2v) is 6.44. The molecule has 1 aromatic heterocycles. The molecule has 0 aliphatic rings. The third kappa shape index (κ3) is 4.53. The number of ether oxygens (including phenoxy) is 1. The molecular formula is C21H23N3O3. The van der Waals surface area contributed by atoms with Crippen molar-refractivity contribution in [2.24, 2.45) is 0 Å². The molecule has 0 aliphatic carbocycles. The molecule has 140 valence electrons. The predicted molar refractivity (Wildman–Crippen MR) is 105 cm³/mol. The van der Waals surface area contributed by atoms with E-state index in [2.05, 4.69) is 4.98 Å². The molecule has 0 unspecified atom stereocenters. The first-order chi connectivity index (χ1) is 13.1. The summed E-state index contributed by atoms with van der Waals surface area (Å²) in [4.78, 5) is 30.9. The van der Waals surface area contributed by atoms with E-state index in [0.717, 1.165) is 11.3 Å². The van der Waals surface area contributed by atoms with Crippen LogP contribution in [0.3, 0.4) is 0 Å². The van der Waals surface area contributed by atoms with Gasteiger partial charge in [0.2, 0.25) is 5.91 Å². The Labute approximate surface area is 158 Å². The highest BCUT2D eigenvalue weighted by atomic mass is 16.5. The lowest BCUT2D eigenvalue weighted by Crippen LogP contribution is -2.32. The Kier molecular flexibility index (Phi) is 5.86. The number of hydrogen-bond donors (Lipinski definition) is 0. The first kappa shape index (κ1) is 18.6. The zero-order valence-electron chi connectivity index (χ0n) is 15.6. The van der Waals surface area contributed by atoms with E-state index in [4.69, 9.17) is 4.74 Å². The van der Waals surface area contributed by atoms with Crippen LogP contribution in [0.2, 0.25) is 0 Å². The maximum atomic E-state index is 12.6. The van der Waals surface area contributed by atoms with Crippen LogP contribution in [0, 0.1) is 6.92 Å². The third-order valence-corrected chi connectivity index (χ3v) is 4.49. The fourth-order valence-corrected chi connectivity index (χ4v) is 2.85. The van der Waals surface area contributed by atoms with Crippen molar-refractivity contribution < 1.29 is 9.53 Å². The summed E-state index contributed by atoms with van der Waals surface area (Å²) in [6.07, 6.45) is 1.75. The lowest BCUT2D eigenvalue weighted by Gasteiger charge is -2.18. The Morgan fingerprint density at radius 2 is 1.93 bits per heavy atom. The number of benzene rings is 2. The van der Waals surface area contributed by atoms with E-state index in [0.29, 0.717) is 30.6 Å². The van der Waals surface area contributed by atoms with Gasteiger partial charge < -0.3 is 9.64 Å². The molecule has 3 rings (SSSR count). The highest BCUT2D eigenvalue weighted by molar-refractivity contribution is 5.80. The quantitative estimate of drug-likeness (QED) is 0.646. The van der Waals surface area contributed by atoms with Crippen LogP contribution in [0.4, 0.5) is 0 Å². The van der Waals surface area contributed by atoms with Crippen LogP contribution in [0.5, 0.6) is 5.75 Å². The average molecular weight is 365 g/mol. The summed E-state index contributed by atoms with van der Waals surface area (Å²) in [5.41, 5.74) is 1.55. The predicted octanol–water partition coefficient (Wildman–Crippen LogP) is 2.63. The Hall–Kier alpha value is -3.15. The lowest BCUT2D eigenvalue weighted by molar-refractivity contribution is -0.130. The minimum absolute atomic E-state index is 0.0390. The van der Waals surface area contributed by atoms with E-state index in [9.17, 15) is 9.59 Å². The van der Waals surface area contributed by atoms with E-state index in [1.54, 1.807) is 18.0 Å². The topological polar surface area (TPSA) is 64.4 Å². The van der Waals surface area contributed by atoms with E-state index < -0.39 is 0 Å². The van der Waals surface area contributed by atoms with E-state index in [1.165, 1.54) is 10.9 Å². The number of rotatable bonds is 7. The van der Waals surface area contributed by atoms with Crippen molar-refractivity contribution >= 4 is 16.8 Å². The number of aromatic nitrogens is 2. The van der Waals surface area contributed by atoms with Gasteiger partial charge in [0.25, 0.3) is 5.56 Å². The molecule has 0 saturated heterocycles. The molecule has 27 heavy (non-hydrogen) atoms. The molecule has 6 heteroatoms. The first-order valence-electron chi connectivity index (χ1n) is 8.93. The molecule has 0 spiro atoms. The molecule has 2 aromatic carbocycles. The number of carbonyl (C=O) groups is 1. The number of hydrogen-bond acceptors (Lipinski definition) is 4. The lowest BCUT2D eigenvalue weighted by atomic mass is 10.1. The summed E-state index contributed by atoms with van der Waals surface area (Å²) in [5.74, 6) is 0.741. The normalized spacial score (nSPS) is 10.7. The molecular weight excluding hydrogens is 342 g/mol. The molecule has 0 atom stereocenters. The van der Waals surface area contributed by atoms with Crippen molar-refractivity contribution in [2.75, 3.05) is 20.2 Å². The monoisotopic (exact) mass is 365 g/mol. The maximum Gasteiger partial charge on any atom is 0.261 e. The molecule has 1 heterocycles. The van der Waals surface area contributed by atoms with Gasteiger partial charge in [-0.15, -0.1) is 0 Å². The van der Waals surface area contributed by atoms with Crippen molar-refractivity contribution in [2.45, 2.75) is 19.9 Å². The standard InChI is InChI=1S/C21H23N3O3/c1-16-7-6-10-18-20(16)22-15-24(21(18)26)12-11-19(25)23(2)13-14-27-17-8-4-3-5-9-17/h3-10,15H,11-14H2,1-2H3. The molecule has 0 N–H and O–H groups in total. The van der Waals surface area contributed by atoms with Gasteiger partial charge in [-0.3, -0.25) is 14.2 Å². The van der Waals surface area contributed by atoms with E-state index >= 15 is 0 Å². The van der Waals surface area contributed by atoms with Crippen molar-refractivity contribution in [3.8, 4) is 5.75 Å². The summed E-state index contributed by atoms with van der Waals surface area (Å²) in [6.45, 7) is 3.13. The van der Waals surface area contributed by atoms with Gasteiger partial charge in [0, 0.05) is 20.0 Å². The maximum absolute atomic E-state index is 12.6. The van der Waals surface area contributed by atoms with Gasteiger partial charge in [0.1, 0.15) is 12.4 Å². The highest BCUT2D eigenvalue weighted by Gasteiger charge is 2.11. The van der Waals surface area contributed by atoms with E-state index in [-0.39, 0.29) is 17.9 Å². The number of likely N-dealkylation sites (N-methyl/N-ethyl adjacent to an activating group) is 1. The summed E-state index contributed by atoms with van der Waals surface area (Å²) in [7, 11) is 1.74. The average Bonchev–Trinajstić information content (AvgIpc) is 2.68. The Bertz CT molecular complexity index is 983. The van der Waals surface area contributed by atoms with Gasteiger partial charge in [0.05, 0.1) is 23.8 Å². The van der Waals surface area contributed by atoms with Gasteiger partial charge >= 0.3 is 0 Å². The molecule has 0 bridgehead atoms. The minimum atomic E-state index is -0.119. The smallest absolute Gasteiger partial charge is 0.261 e. The number of para-hydroxylation sites is 2. The number of aryl methyl sites for hydroxylation is 2. The zero-order valence-corrected chi connectivity index (χ0v) is 15.6. The number of fused-ring (bicyclic) bond motifs is 1. The minimum Gasteiger partial charge on any atom is -0.492 e.